The molecule has 1 aromatic rings. The van der Waals surface area contributed by atoms with Crippen LogP contribution in [0.15, 0.2) is 0 Å². The maximum absolute atomic E-state index is 10.7. The highest BCUT2D eigenvalue weighted by Crippen LogP contribution is 2.21. The largest absolute Gasteiger partial charge is 0.476 e. The molecule has 0 aliphatic rings. The monoisotopic (exact) mass is 230 g/mol. The molecule has 1 unspecified atom stereocenters. The zero-order valence-corrected chi connectivity index (χ0v) is 9.72. The van der Waals surface area contributed by atoms with E-state index >= 15 is 0 Å². The third-order valence-corrected chi connectivity index (χ3v) is 2.87. The molecule has 6 heteroatoms. The van der Waals surface area contributed by atoms with E-state index in [1.807, 2.05) is 6.92 Å². The first-order valence-electron chi connectivity index (χ1n) is 4.52. The molecule has 0 aromatic carbocycles. The van der Waals surface area contributed by atoms with Crippen LogP contribution in [0.25, 0.3) is 0 Å². The SMILES string of the molecule is COC(C)CNc1nc(C(=O)O)c(C)s1. The number of methoxy groups -OCH3 is 1. The quantitative estimate of drug-likeness (QED) is 0.803. The van der Waals surface area contributed by atoms with Crippen molar-refractivity contribution in [3.8, 4) is 0 Å². The van der Waals surface area contributed by atoms with Gasteiger partial charge in [-0.25, -0.2) is 9.78 Å². The van der Waals surface area contributed by atoms with Crippen LogP contribution in [-0.2, 0) is 4.74 Å². The van der Waals surface area contributed by atoms with Gasteiger partial charge in [-0.2, -0.15) is 0 Å². The summed E-state index contributed by atoms with van der Waals surface area (Å²) in [6, 6.07) is 0. The van der Waals surface area contributed by atoms with E-state index in [0.717, 1.165) is 0 Å². The lowest BCUT2D eigenvalue weighted by Crippen LogP contribution is -2.18. The van der Waals surface area contributed by atoms with Crippen LogP contribution in [0.4, 0.5) is 5.13 Å². The van der Waals surface area contributed by atoms with Crippen molar-refractivity contribution >= 4 is 22.4 Å². The number of hydrogen-bond acceptors (Lipinski definition) is 5. The van der Waals surface area contributed by atoms with Gasteiger partial charge >= 0.3 is 5.97 Å². The molecule has 0 aliphatic carbocycles. The third kappa shape index (κ3) is 3.17. The number of nitrogens with one attached hydrogen (secondary N) is 1. The van der Waals surface area contributed by atoms with E-state index in [-0.39, 0.29) is 11.8 Å². The molecule has 0 aliphatic heterocycles. The molecule has 5 nitrogen and oxygen atoms in total. The van der Waals surface area contributed by atoms with Crippen LogP contribution < -0.4 is 5.32 Å². The van der Waals surface area contributed by atoms with Gasteiger partial charge in [-0.05, 0) is 13.8 Å². The van der Waals surface area contributed by atoms with E-state index in [0.29, 0.717) is 16.6 Å². The van der Waals surface area contributed by atoms with Crippen LogP contribution in [0.2, 0.25) is 0 Å². The zero-order chi connectivity index (χ0) is 11.4. The molecule has 1 heterocycles. The molecule has 0 saturated heterocycles. The Hall–Kier alpha value is -1.14. The van der Waals surface area contributed by atoms with Gasteiger partial charge < -0.3 is 15.2 Å². The topological polar surface area (TPSA) is 71.5 Å². The maximum atomic E-state index is 10.7. The van der Waals surface area contributed by atoms with Crippen LogP contribution >= 0.6 is 11.3 Å². The van der Waals surface area contributed by atoms with Crippen molar-refractivity contribution in [3.63, 3.8) is 0 Å². The van der Waals surface area contributed by atoms with Crippen molar-refractivity contribution in [2.75, 3.05) is 19.0 Å². The van der Waals surface area contributed by atoms with Gasteiger partial charge in [0.1, 0.15) is 0 Å². The van der Waals surface area contributed by atoms with Crippen LogP contribution in [-0.4, -0.2) is 35.8 Å². The van der Waals surface area contributed by atoms with Crippen molar-refractivity contribution in [1.82, 2.24) is 4.98 Å². The van der Waals surface area contributed by atoms with Crippen molar-refractivity contribution < 1.29 is 14.6 Å². The number of rotatable bonds is 5. The Balaban J connectivity index is 2.63. The first-order valence-corrected chi connectivity index (χ1v) is 5.33. The van der Waals surface area contributed by atoms with Gasteiger partial charge in [-0.15, -0.1) is 11.3 Å². The molecular formula is C9H14N2O3S. The highest BCUT2D eigenvalue weighted by atomic mass is 32.1. The Morgan fingerprint density at radius 1 is 1.73 bits per heavy atom. The third-order valence-electron chi connectivity index (χ3n) is 1.94. The average molecular weight is 230 g/mol. The highest BCUT2D eigenvalue weighted by Gasteiger charge is 2.13. The van der Waals surface area contributed by atoms with E-state index in [1.54, 1.807) is 14.0 Å². The van der Waals surface area contributed by atoms with E-state index in [9.17, 15) is 4.79 Å². The lowest BCUT2D eigenvalue weighted by atomic mass is 10.4. The summed E-state index contributed by atoms with van der Waals surface area (Å²) >= 11 is 1.34. The van der Waals surface area contributed by atoms with Gasteiger partial charge in [0.2, 0.25) is 0 Å². The second kappa shape index (κ2) is 5.09. The maximum Gasteiger partial charge on any atom is 0.355 e. The summed E-state index contributed by atoms with van der Waals surface area (Å²) in [7, 11) is 1.63. The average Bonchev–Trinajstić information content (AvgIpc) is 2.56. The summed E-state index contributed by atoms with van der Waals surface area (Å²) in [6.45, 7) is 4.28. The second-order valence-corrected chi connectivity index (χ2v) is 4.36. The number of anilines is 1. The molecule has 0 saturated carbocycles. The van der Waals surface area contributed by atoms with Gasteiger partial charge in [-0.3, -0.25) is 0 Å². The fourth-order valence-electron chi connectivity index (χ4n) is 0.985. The number of thiazole rings is 1. The summed E-state index contributed by atoms with van der Waals surface area (Å²) in [5.74, 6) is -0.989. The van der Waals surface area contributed by atoms with Gasteiger partial charge in [0.05, 0.1) is 6.10 Å². The minimum absolute atomic E-state index is 0.0717. The molecule has 1 atom stereocenters. The van der Waals surface area contributed by atoms with Crippen LogP contribution in [0.5, 0.6) is 0 Å². The lowest BCUT2D eigenvalue weighted by molar-refractivity contribution is 0.0690. The molecule has 1 aromatic heterocycles. The summed E-state index contributed by atoms with van der Waals surface area (Å²) < 4.78 is 5.05. The molecule has 0 spiro atoms. The standard InChI is InChI=1S/C9H14N2O3S/c1-5(14-3)4-10-9-11-7(8(12)13)6(2)15-9/h5H,4H2,1-3H3,(H,10,11)(H,12,13). The number of nitrogens with zero attached hydrogens (tertiary/aromatic N) is 1. The number of carboxylic acid groups (broad SMARTS) is 1. The Morgan fingerprint density at radius 2 is 2.40 bits per heavy atom. The molecule has 0 radical (unpaired) electrons. The van der Waals surface area contributed by atoms with Crippen LogP contribution in [0.1, 0.15) is 22.3 Å². The molecule has 0 fully saturated rings. The van der Waals surface area contributed by atoms with E-state index < -0.39 is 5.97 Å². The number of aryl methyl sites for hydroxylation is 1. The molecular weight excluding hydrogens is 216 g/mol. The van der Waals surface area contributed by atoms with Crippen LogP contribution in [0.3, 0.4) is 0 Å². The fraction of sp³-hybridized carbons (Fsp3) is 0.556. The second-order valence-electron chi connectivity index (χ2n) is 3.16. The molecule has 15 heavy (non-hydrogen) atoms. The lowest BCUT2D eigenvalue weighted by Gasteiger charge is -2.08. The van der Waals surface area contributed by atoms with Crippen molar-refractivity contribution in [2.24, 2.45) is 0 Å². The summed E-state index contributed by atoms with van der Waals surface area (Å²) in [6.07, 6.45) is 0.0717. The van der Waals surface area contributed by atoms with Gasteiger partial charge in [-0.1, -0.05) is 0 Å². The summed E-state index contributed by atoms with van der Waals surface area (Å²) in [5, 5.41) is 12.4. The van der Waals surface area contributed by atoms with E-state index in [4.69, 9.17) is 9.84 Å². The van der Waals surface area contributed by atoms with E-state index in [1.165, 1.54) is 11.3 Å². The van der Waals surface area contributed by atoms with Gasteiger partial charge in [0, 0.05) is 18.5 Å². The number of aromatic carboxylic acids is 1. The molecule has 0 bridgehead atoms. The number of aromatic nitrogens is 1. The van der Waals surface area contributed by atoms with Gasteiger partial charge in [0.25, 0.3) is 0 Å². The first-order chi connectivity index (χ1) is 7.04. The number of ether oxygens (including phenoxy) is 1. The molecule has 84 valence electrons. The zero-order valence-electron chi connectivity index (χ0n) is 8.90. The highest BCUT2D eigenvalue weighted by molar-refractivity contribution is 7.15. The predicted molar refractivity (Wildman–Crippen MR) is 58.8 cm³/mol. The van der Waals surface area contributed by atoms with Crippen molar-refractivity contribution in [2.45, 2.75) is 20.0 Å². The minimum Gasteiger partial charge on any atom is -0.476 e. The normalized spacial score (nSPS) is 12.5. The Kier molecular flexibility index (Phi) is 4.05. The van der Waals surface area contributed by atoms with Gasteiger partial charge in [0.15, 0.2) is 10.8 Å². The van der Waals surface area contributed by atoms with E-state index in [2.05, 4.69) is 10.3 Å². The summed E-state index contributed by atoms with van der Waals surface area (Å²) in [4.78, 5) is 15.4. The first kappa shape index (κ1) is 11.9. The number of carboxylic acids is 1. The Morgan fingerprint density at radius 3 is 2.87 bits per heavy atom. The Labute approximate surface area is 92.1 Å². The van der Waals surface area contributed by atoms with Crippen LogP contribution in [0, 0.1) is 6.92 Å². The molecule has 1 rings (SSSR count). The molecule has 0 amide bonds. The smallest absolute Gasteiger partial charge is 0.355 e. The van der Waals surface area contributed by atoms with Crippen molar-refractivity contribution in [3.05, 3.63) is 10.6 Å². The minimum atomic E-state index is -0.989. The number of carbonyl (C=O) groups is 1. The molecule has 2 N–H and O–H groups in total. The Bertz CT molecular complexity index is 351. The number of hydrogen-bond donors (Lipinski definition) is 2. The summed E-state index contributed by atoms with van der Waals surface area (Å²) in [5.41, 5.74) is 0.118. The fourth-order valence-corrected chi connectivity index (χ4v) is 1.80. The predicted octanol–water partition coefficient (Wildman–Crippen LogP) is 1.60. The van der Waals surface area contributed by atoms with Crippen molar-refractivity contribution in [1.29, 1.82) is 0 Å².